The third-order valence-electron chi connectivity index (χ3n) is 3.21. The molecule has 0 amide bonds. The third-order valence-corrected chi connectivity index (χ3v) is 3.94. The molecule has 2 nitrogen and oxygen atoms in total. The molecule has 0 fully saturated rings. The third kappa shape index (κ3) is 5.27. The van der Waals surface area contributed by atoms with Crippen LogP contribution in [-0.2, 0) is 6.54 Å². The largest absolute Gasteiger partial charge is 0.302 e. The molecule has 2 aromatic carbocycles. The van der Waals surface area contributed by atoms with E-state index < -0.39 is 0 Å². The minimum Gasteiger partial charge on any atom is -0.302 e. The van der Waals surface area contributed by atoms with E-state index in [1.165, 1.54) is 0 Å². The maximum atomic E-state index is 12.1. The summed E-state index contributed by atoms with van der Waals surface area (Å²) in [6.07, 6.45) is 0.507. The topological polar surface area (TPSA) is 20.3 Å². The summed E-state index contributed by atoms with van der Waals surface area (Å²) in [5, 5.41) is 0.742. The molecule has 0 bridgehead atoms. The molecule has 0 saturated carbocycles. The Morgan fingerprint density at radius 1 is 1.19 bits per heavy atom. The maximum Gasteiger partial charge on any atom is 0.164 e. The van der Waals surface area contributed by atoms with E-state index in [9.17, 15) is 4.79 Å². The average molecular weight is 367 g/mol. The highest BCUT2D eigenvalue weighted by Gasteiger charge is 2.08. The Morgan fingerprint density at radius 3 is 2.67 bits per heavy atom. The van der Waals surface area contributed by atoms with Gasteiger partial charge >= 0.3 is 0 Å². The van der Waals surface area contributed by atoms with E-state index in [-0.39, 0.29) is 5.78 Å². The fourth-order valence-electron chi connectivity index (χ4n) is 2.12. The van der Waals surface area contributed by atoms with Gasteiger partial charge in [0.1, 0.15) is 0 Å². The lowest BCUT2D eigenvalue weighted by Crippen LogP contribution is -2.21. The van der Waals surface area contributed by atoms with Gasteiger partial charge in [0.15, 0.2) is 5.78 Å². The van der Waals surface area contributed by atoms with E-state index in [0.29, 0.717) is 6.42 Å². The van der Waals surface area contributed by atoms with Crippen molar-refractivity contribution in [2.75, 3.05) is 13.6 Å². The van der Waals surface area contributed by atoms with Crippen LogP contribution in [0.3, 0.4) is 0 Å². The Kier molecular flexibility index (Phi) is 5.97. The number of carbonyl (C=O) groups is 1. The number of halogens is 2. The second kappa shape index (κ2) is 7.74. The van der Waals surface area contributed by atoms with Crippen LogP contribution in [0.4, 0.5) is 0 Å². The second-order valence-electron chi connectivity index (χ2n) is 5.05. The monoisotopic (exact) mass is 365 g/mol. The van der Waals surface area contributed by atoms with Gasteiger partial charge in [0.05, 0.1) is 0 Å². The molecule has 0 aliphatic rings. The number of hydrogen-bond donors (Lipinski definition) is 0. The van der Waals surface area contributed by atoms with Crippen LogP contribution in [0.15, 0.2) is 53.0 Å². The van der Waals surface area contributed by atoms with Crippen molar-refractivity contribution in [3.05, 3.63) is 69.2 Å². The first-order valence-electron chi connectivity index (χ1n) is 6.76. The smallest absolute Gasteiger partial charge is 0.164 e. The van der Waals surface area contributed by atoms with Crippen molar-refractivity contribution in [2.45, 2.75) is 13.0 Å². The van der Waals surface area contributed by atoms with Gasteiger partial charge in [-0.3, -0.25) is 4.79 Å². The Morgan fingerprint density at radius 2 is 1.95 bits per heavy atom. The van der Waals surface area contributed by atoms with E-state index in [2.05, 4.69) is 20.8 Å². The first kappa shape index (κ1) is 16.2. The second-order valence-corrected chi connectivity index (χ2v) is 6.40. The molecule has 2 rings (SSSR count). The number of ketones is 1. The van der Waals surface area contributed by atoms with Crippen LogP contribution in [0.2, 0.25) is 5.02 Å². The van der Waals surface area contributed by atoms with Crippen LogP contribution < -0.4 is 0 Å². The van der Waals surface area contributed by atoms with Crippen LogP contribution in [0, 0.1) is 0 Å². The number of carbonyl (C=O) groups excluding carboxylic acids is 1. The number of hydrogen-bond acceptors (Lipinski definition) is 2. The van der Waals surface area contributed by atoms with Crippen LogP contribution in [0.5, 0.6) is 0 Å². The van der Waals surface area contributed by atoms with Gasteiger partial charge < -0.3 is 4.90 Å². The summed E-state index contributed by atoms with van der Waals surface area (Å²) in [4.78, 5) is 14.3. The molecular weight excluding hydrogens is 350 g/mol. The summed E-state index contributed by atoms with van der Waals surface area (Å²) >= 11 is 9.36. The molecule has 4 heteroatoms. The molecule has 0 radical (unpaired) electrons. The predicted octanol–water partition coefficient (Wildman–Crippen LogP) is 4.81. The Bertz CT molecular complexity index is 630. The molecular formula is C17H17BrClNO. The van der Waals surface area contributed by atoms with Crippen molar-refractivity contribution in [3.63, 3.8) is 0 Å². The van der Waals surface area contributed by atoms with Crippen LogP contribution >= 0.6 is 27.5 Å². The first-order valence-corrected chi connectivity index (χ1v) is 7.93. The molecule has 21 heavy (non-hydrogen) atoms. The molecule has 0 unspecified atom stereocenters. The fourth-order valence-corrected chi connectivity index (χ4v) is 2.74. The van der Waals surface area contributed by atoms with Crippen molar-refractivity contribution < 1.29 is 4.79 Å². The van der Waals surface area contributed by atoms with Gasteiger partial charge in [-0.2, -0.15) is 0 Å². The molecule has 0 aliphatic carbocycles. The average Bonchev–Trinajstić information content (AvgIpc) is 2.45. The van der Waals surface area contributed by atoms with Gasteiger partial charge in [-0.1, -0.05) is 51.8 Å². The van der Waals surface area contributed by atoms with Crippen molar-refractivity contribution >= 4 is 33.3 Å². The lowest BCUT2D eigenvalue weighted by atomic mass is 10.1. The van der Waals surface area contributed by atoms with Gasteiger partial charge in [-0.05, 0) is 36.9 Å². The molecule has 2 aromatic rings. The molecule has 0 aliphatic heterocycles. The summed E-state index contributed by atoms with van der Waals surface area (Å²) in [7, 11) is 2.01. The summed E-state index contributed by atoms with van der Waals surface area (Å²) in [6.45, 7) is 1.50. The van der Waals surface area contributed by atoms with E-state index >= 15 is 0 Å². The van der Waals surface area contributed by atoms with E-state index in [1.807, 2.05) is 55.6 Å². The van der Waals surface area contributed by atoms with Crippen molar-refractivity contribution in [1.29, 1.82) is 0 Å². The number of Topliss-reactive ketones (excluding diaryl/α,β-unsaturated/α-hetero) is 1. The first-order chi connectivity index (χ1) is 10.0. The lowest BCUT2D eigenvalue weighted by molar-refractivity contribution is 0.0968. The number of benzene rings is 2. The van der Waals surface area contributed by atoms with E-state index in [4.69, 9.17) is 11.6 Å². The Labute approximate surface area is 138 Å². The van der Waals surface area contributed by atoms with E-state index in [0.717, 1.165) is 33.7 Å². The minimum atomic E-state index is 0.161. The van der Waals surface area contributed by atoms with Gasteiger partial charge in [-0.15, -0.1) is 0 Å². The zero-order valence-corrected chi connectivity index (χ0v) is 14.2. The van der Waals surface area contributed by atoms with Gasteiger partial charge in [-0.25, -0.2) is 0 Å². The SMILES string of the molecule is CN(CCC(=O)c1cccc(Br)c1)Cc1cccc(Cl)c1. The normalized spacial score (nSPS) is 10.9. The predicted molar refractivity (Wildman–Crippen MR) is 90.9 cm³/mol. The summed E-state index contributed by atoms with van der Waals surface area (Å²) in [5.41, 5.74) is 1.90. The summed E-state index contributed by atoms with van der Waals surface area (Å²) in [5.74, 6) is 0.161. The molecule has 0 saturated heterocycles. The highest BCUT2D eigenvalue weighted by molar-refractivity contribution is 9.10. The maximum absolute atomic E-state index is 12.1. The fraction of sp³-hybridized carbons (Fsp3) is 0.235. The molecule has 0 atom stereocenters. The van der Waals surface area contributed by atoms with Crippen molar-refractivity contribution in [2.24, 2.45) is 0 Å². The molecule has 0 aromatic heterocycles. The summed E-state index contributed by atoms with van der Waals surface area (Å²) in [6, 6.07) is 15.3. The summed E-state index contributed by atoms with van der Waals surface area (Å²) < 4.78 is 0.931. The van der Waals surface area contributed by atoms with Crippen LogP contribution in [0.25, 0.3) is 0 Å². The lowest BCUT2D eigenvalue weighted by Gasteiger charge is -2.16. The van der Waals surface area contributed by atoms with Crippen molar-refractivity contribution in [3.8, 4) is 0 Å². The standard InChI is InChI=1S/C17H17BrClNO/c1-20(12-13-4-2-7-16(19)10-13)9-8-17(21)14-5-3-6-15(18)11-14/h2-7,10-11H,8-9,12H2,1H3. The number of nitrogens with zero attached hydrogens (tertiary/aromatic N) is 1. The van der Waals surface area contributed by atoms with Gasteiger partial charge in [0.25, 0.3) is 0 Å². The van der Waals surface area contributed by atoms with Crippen molar-refractivity contribution in [1.82, 2.24) is 4.90 Å². The molecule has 0 heterocycles. The van der Waals surface area contributed by atoms with Gasteiger partial charge in [0, 0.05) is 34.6 Å². The zero-order chi connectivity index (χ0) is 15.2. The van der Waals surface area contributed by atoms with Crippen LogP contribution in [0.1, 0.15) is 22.3 Å². The zero-order valence-electron chi connectivity index (χ0n) is 11.9. The molecule has 110 valence electrons. The quantitative estimate of drug-likeness (QED) is 0.684. The highest BCUT2D eigenvalue weighted by Crippen LogP contribution is 2.14. The van der Waals surface area contributed by atoms with E-state index in [1.54, 1.807) is 0 Å². The Balaban J connectivity index is 1.86. The highest BCUT2D eigenvalue weighted by atomic mass is 79.9. The van der Waals surface area contributed by atoms with Crippen LogP contribution in [-0.4, -0.2) is 24.3 Å². The minimum absolute atomic E-state index is 0.161. The molecule has 0 N–H and O–H groups in total. The number of rotatable bonds is 6. The van der Waals surface area contributed by atoms with Gasteiger partial charge in [0.2, 0.25) is 0 Å². The molecule has 0 spiro atoms. The Hall–Kier alpha value is -1.16.